The number of benzene rings is 1. The summed E-state index contributed by atoms with van der Waals surface area (Å²) < 4.78 is 42.4. The monoisotopic (exact) mass is 232 g/mol. The molecule has 0 aliphatic carbocycles. The number of hydrogen-bond donors (Lipinski definition) is 0. The third-order valence-corrected chi connectivity index (χ3v) is 1.37. The van der Waals surface area contributed by atoms with Gasteiger partial charge >= 0.3 is 12.3 Å². The van der Waals surface area contributed by atoms with E-state index in [0.717, 1.165) is 0 Å². The Labute approximate surface area is 89.1 Å². The topological polar surface area (TPSA) is 35.5 Å². The first kappa shape index (κ1) is 12.1. The number of carbonyl (C=O) groups excluding carboxylic acids is 1. The summed E-state index contributed by atoms with van der Waals surface area (Å²) >= 11 is 0. The molecule has 1 rings (SSSR count). The Morgan fingerprint density at radius 3 is 2.38 bits per heavy atom. The zero-order valence-electron chi connectivity index (χ0n) is 7.90. The molecule has 0 fully saturated rings. The van der Waals surface area contributed by atoms with Crippen LogP contribution in [-0.4, -0.2) is 12.3 Å². The molecular weight excluding hydrogens is 225 g/mol. The highest BCUT2D eigenvalue weighted by Gasteiger charge is 2.28. The fraction of sp³-hybridized carbons (Fsp3) is 0.100. The number of hydrogen-bond acceptors (Lipinski definition) is 3. The second-order valence-corrected chi connectivity index (χ2v) is 2.60. The average molecular weight is 232 g/mol. The molecule has 0 aliphatic rings. The van der Waals surface area contributed by atoms with Crippen molar-refractivity contribution in [2.75, 3.05) is 0 Å². The summed E-state index contributed by atoms with van der Waals surface area (Å²) in [5.74, 6) is -0.709. The van der Waals surface area contributed by atoms with E-state index < -0.39 is 12.3 Å². The van der Waals surface area contributed by atoms with Gasteiger partial charge in [0.15, 0.2) is 0 Å². The third-order valence-electron chi connectivity index (χ3n) is 1.37. The maximum Gasteiger partial charge on any atom is 0.572 e. The van der Waals surface area contributed by atoms with E-state index in [1.54, 1.807) is 18.2 Å². The van der Waals surface area contributed by atoms with E-state index in [4.69, 9.17) is 0 Å². The molecule has 0 bridgehead atoms. The number of ether oxygens (including phenoxy) is 2. The van der Waals surface area contributed by atoms with Gasteiger partial charge in [0, 0.05) is 0 Å². The first-order valence-corrected chi connectivity index (χ1v) is 4.15. The van der Waals surface area contributed by atoms with E-state index in [-0.39, 0.29) is 12.0 Å². The average Bonchev–Trinajstić information content (AvgIpc) is 2.17. The largest absolute Gasteiger partial charge is 0.572 e. The Morgan fingerprint density at radius 2 is 1.81 bits per heavy atom. The Balaban J connectivity index is 2.43. The number of rotatable bonds is 3. The molecule has 86 valence electrons. The van der Waals surface area contributed by atoms with Crippen LogP contribution in [0.1, 0.15) is 0 Å². The Morgan fingerprint density at radius 1 is 1.19 bits per heavy atom. The van der Waals surface area contributed by atoms with Crippen molar-refractivity contribution in [3.8, 4) is 5.75 Å². The number of halogens is 3. The van der Waals surface area contributed by atoms with Gasteiger partial charge in [-0.15, -0.1) is 13.2 Å². The minimum Gasteiger partial charge on any atom is -0.423 e. The highest BCUT2D eigenvalue weighted by atomic mass is 19.4. The van der Waals surface area contributed by atoms with Gasteiger partial charge in [0.2, 0.25) is 0 Å². The van der Waals surface area contributed by atoms with E-state index >= 15 is 0 Å². The van der Waals surface area contributed by atoms with Gasteiger partial charge in [-0.3, -0.25) is 0 Å². The first-order chi connectivity index (χ1) is 7.47. The fourth-order valence-electron chi connectivity index (χ4n) is 0.805. The summed E-state index contributed by atoms with van der Waals surface area (Å²) in [6, 6.07) is 7.95. The van der Waals surface area contributed by atoms with Crippen molar-refractivity contribution in [1.29, 1.82) is 0 Å². The van der Waals surface area contributed by atoms with Crippen LogP contribution in [0.3, 0.4) is 0 Å². The van der Waals surface area contributed by atoms with Gasteiger partial charge in [-0.05, 0) is 12.1 Å². The van der Waals surface area contributed by atoms with E-state index in [9.17, 15) is 18.0 Å². The fourth-order valence-corrected chi connectivity index (χ4v) is 0.805. The molecule has 0 amide bonds. The van der Waals surface area contributed by atoms with Crippen LogP contribution in [0, 0.1) is 0 Å². The Bertz CT molecular complexity index is 371. The molecule has 0 N–H and O–H groups in total. The number of carbonyl (C=O) groups is 1. The van der Waals surface area contributed by atoms with Crippen molar-refractivity contribution in [3.63, 3.8) is 0 Å². The normalized spacial score (nSPS) is 11.4. The van der Waals surface area contributed by atoms with E-state index in [1.165, 1.54) is 12.1 Å². The standard InChI is InChI=1S/C10H7F3O3/c11-10(12,13)15-7-6-9(14)16-8-4-2-1-3-5-8/h1-7H. The van der Waals surface area contributed by atoms with Crippen LogP contribution in [0.2, 0.25) is 0 Å². The second-order valence-electron chi connectivity index (χ2n) is 2.60. The predicted octanol–water partition coefficient (Wildman–Crippen LogP) is 2.64. The zero-order valence-corrected chi connectivity index (χ0v) is 7.90. The highest BCUT2D eigenvalue weighted by Crippen LogP contribution is 2.16. The molecule has 1 aromatic rings. The van der Waals surface area contributed by atoms with Crippen molar-refractivity contribution in [3.05, 3.63) is 42.7 Å². The van der Waals surface area contributed by atoms with E-state index in [1.807, 2.05) is 0 Å². The van der Waals surface area contributed by atoms with Gasteiger partial charge in [-0.25, -0.2) is 4.79 Å². The molecule has 0 atom stereocenters. The molecular formula is C10H7F3O3. The van der Waals surface area contributed by atoms with Crippen molar-refractivity contribution in [2.45, 2.75) is 6.36 Å². The molecule has 0 radical (unpaired) electrons. The first-order valence-electron chi connectivity index (χ1n) is 4.15. The zero-order chi connectivity index (χ0) is 12.0. The lowest BCUT2D eigenvalue weighted by molar-refractivity contribution is -0.298. The van der Waals surface area contributed by atoms with Crippen LogP contribution in [0.15, 0.2) is 42.7 Å². The molecule has 0 unspecified atom stereocenters. The van der Waals surface area contributed by atoms with Crippen LogP contribution < -0.4 is 4.74 Å². The van der Waals surface area contributed by atoms with Crippen LogP contribution >= 0.6 is 0 Å². The van der Waals surface area contributed by atoms with Gasteiger partial charge in [0.25, 0.3) is 0 Å². The molecule has 1 aromatic carbocycles. The lowest BCUT2D eigenvalue weighted by atomic mass is 10.3. The van der Waals surface area contributed by atoms with Gasteiger partial charge in [0.1, 0.15) is 12.0 Å². The molecule has 0 heterocycles. The van der Waals surface area contributed by atoms with Crippen molar-refractivity contribution < 1.29 is 27.4 Å². The molecule has 0 spiro atoms. The summed E-state index contributed by atoms with van der Waals surface area (Å²) in [6.07, 6.45) is -4.03. The molecule has 0 aliphatic heterocycles. The van der Waals surface area contributed by atoms with Gasteiger partial charge in [-0.2, -0.15) is 0 Å². The van der Waals surface area contributed by atoms with Gasteiger partial charge < -0.3 is 9.47 Å². The molecule has 3 nitrogen and oxygen atoms in total. The summed E-state index contributed by atoms with van der Waals surface area (Å²) in [7, 11) is 0. The van der Waals surface area contributed by atoms with Crippen molar-refractivity contribution in [1.82, 2.24) is 0 Å². The number of para-hydroxylation sites is 1. The quantitative estimate of drug-likeness (QED) is 0.348. The molecule has 0 saturated heterocycles. The highest BCUT2D eigenvalue weighted by molar-refractivity contribution is 5.83. The predicted molar refractivity (Wildman–Crippen MR) is 48.4 cm³/mol. The third kappa shape index (κ3) is 5.04. The summed E-state index contributed by atoms with van der Waals surface area (Å²) in [5, 5.41) is 0. The van der Waals surface area contributed by atoms with Crippen LogP contribution in [0.4, 0.5) is 13.2 Å². The minimum atomic E-state index is -4.80. The Kier molecular flexibility index (Phi) is 3.93. The molecule has 6 heteroatoms. The maximum absolute atomic E-state index is 11.5. The van der Waals surface area contributed by atoms with Crippen LogP contribution in [-0.2, 0) is 9.53 Å². The van der Waals surface area contributed by atoms with Crippen LogP contribution in [0.5, 0.6) is 5.75 Å². The maximum atomic E-state index is 11.5. The molecule has 0 saturated carbocycles. The number of esters is 1. The summed E-state index contributed by atoms with van der Waals surface area (Å²) in [5.41, 5.74) is 0. The minimum absolute atomic E-state index is 0.227. The second kappa shape index (κ2) is 5.20. The van der Waals surface area contributed by atoms with E-state index in [2.05, 4.69) is 9.47 Å². The lowest BCUT2D eigenvalue weighted by Crippen LogP contribution is -2.10. The number of alkyl halides is 3. The summed E-state index contributed by atoms with van der Waals surface area (Å²) in [6.45, 7) is 0. The lowest BCUT2D eigenvalue weighted by Gasteiger charge is -2.03. The summed E-state index contributed by atoms with van der Waals surface area (Å²) in [4.78, 5) is 10.9. The van der Waals surface area contributed by atoms with E-state index in [0.29, 0.717) is 6.08 Å². The van der Waals surface area contributed by atoms with Crippen molar-refractivity contribution >= 4 is 5.97 Å². The molecule has 16 heavy (non-hydrogen) atoms. The van der Waals surface area contributed by atoms with Crippen molar-refractivity contribution in [2.24, 2.45) is 0 Å². The smallest absolute Gasteiger partial charge is 0.423 e. The Hall–Kier alpha value is -1.98. The SMILES string of the molecule is O=C(C=COC(F)(F)F)Oc1ccccc1. The molecule has 0 aromatic heterocycles. The van der Waals surface area contributed by atoms with Gasteiger partial charge in [0.05, 0.1) is 6.08 Å². The van der Waals surface area contributed by atoms with Crippen LogP contribution in [0.25, 0.3) is 0 Å². The van der Waals surface area contributed by atoms with Gasteiger partial charge in [-0.1, -0.05) is 18.2 Å².